The Balaban J connectivity index is 0.000000225. The molecule has 2 aromatic carbocycles. The molecule has 0 radical (unpaired) electrons. The monoisotopic (exact) mass is 820 g/mol. The molecule has 8 aliphatic carbocycles. The second kappa shape index (κ2) is 18.8. The van der Waals surface area contributed by atoms with Gasteiger partial charge in [-0.15, -0.1) is 0 Å². The van der Waals surface area contributed by atoms with E-state index in [0.29, 0.717) is 29.2 Å². The number of phosphoric acid groups is 2. The third-order valence-electron chi connectivity index (χ3n) is 12.7. The van der Waals surface area contributed by atoms with Gasteiger partial charge in [0, 0.05) is 18.2 Å². The SMILES string of the molecule is COC(=C1C2CC3CC(C2)CC1C3)c1cccc(OP(=O)([O-])[O-])c1.COC1(c2cccc(OP(=O)([O-])[O-])c2)OOC12C1CC3CC(C1)CC2C3.[Na+].[Na+].[Na+].[Na+]. The predicted molar refractivity (Wildman–Crippen MR) is 171 cm³/mol. The summed E-state index contributed by atoms with van der Waals surface area (Å²) in [6.45, 7) is 0. The van der Waals surface area contributed by atoms with Gasteiger partial charge in [0.15, 0.2) is 5.60 Å². The molecular weight excluding hydrogens is 778 g/mol. The fourth-order valence-electron chi connectivity index (χ4n) is 11.5. The first kappa shape index (κ1) is 48.4. The Morgan fingerprint density at radius 3 is 1.54 bits per heavy atom. The topological polar surface area (TPSA) is 182 Å². The number of hydrogen-bond acceptors (Lipinski definition) is 12. The molecule has 1 unspecified atom stereocenters. The minimum absolute atomic E-state index is 0. The standard InChI is InChI=1S/C18H23O7P.C18H23O5P.4Na/c1-22-18(13-3-2-4-16(10-13)23-26(19,20)21)17(24-25-18)14-6-11-5-12(8-14)9-15(17)7-11;1-22-18(13-3-2-4-16(10-13)23-24(19,20)21)17-14-6-11-5-12(8-14)9-15(17)7-11;;;;/h2-4,10-12,14-15H,5-9H2,1H3,(H2,19,20,21);2-4,10-12,14-15H,5-9H2,1H3,(H2,19,20,21);;;;/q;;4*+1/p-4. The van der Waals surface area contributed by atoms with Crippen LogP contribution in [0.1, 0.15) is 75.3 Å². The van der Waals surface area contributed by atoms with Crippen molar-refractivity contribution in [3.8, 4) is 11.5 Å². The number of rotatable bonds is 8. The van der Waals surface area contributed by atoms with Crippen molar-refractivity contribution in [3.63, 3.8) is 0 Å². The third-order valence-corrected chi connectivity index (χ3v) is 13.5. The van der Waals surface area contributed by atoms with Crippen molar-refractivity contribution >= 4 is 21.4 Å². The fourth-order valence-corrected chi connectivity index (χ4v) is 12.3. The van der Waals surface area contributed by atoms with Gasteiger partial charge in [-0.25, -0.2) is 4.89 Å². The van der Waals surface area contributed by atoms with Gasteiger partial charge in [-0.1, -0.05) is 24.3 Å². The number of hydrogen-bond donors (Lipinski definition) is 0. The Morgan fingerprint density at radius 1 is 0.648 bits per heavy atom. The minimum atomic E-state index is -5.13. The van der Waals surface area contributed by atoms with Crippen LogP contribution in [0.5, 0.6) is 11.5 Å². The van der Waals surface area contributed by atoms with Gasteiger partial charge in [-0.3, -0.25) is 0 Å². The van der Waals surface area contributed by atoms with Gasteiger partial charge in [0.25, 0.3) is 5.79 Å². The van der Waals surface area contributed by atoms with Crippen molar-refractivity contribution in [1.82, 2.24) is 0 Å². The van der Waals surface area contributed by atoms with Crippen molar-refractivity contribution in [1.29, 1.82) is 0 Å². The van der Waals surface area contributed by atoms with E-state index in [1.54, 1.807) is 38.5 Å². The Kier molecular flexibility index (Phi) is 16.9. The van der Waals surface area contributed by atoms with Crippen LogP contribution >= 0.6 is 15.6 Å². The zero-order chi connectivity index (χ0) is 35.1. The Morgan fingerprint density at radius 2 is 1.11 bits per heavy atom. The first-order valence-electron chi connectivity index (χ1n) is 17.6. The number of phosphoric ester groups is 2. The molecule has 272 valence electrons. The summed E-state index contributed by atoms with van der Waals surface area (Å²) in [5, 5.41) is 0. The van der Waals surface area contributed by atoms with Crippen LogP contribution in [0.4, 0.5) is 0 Å². The van der Waals surface area contributed by atoms with Crippen LogP contribution in [0.2, 0.25) is 0 Å². The van der Waals surface area contributed by atoms with Crippen LogP contribution in [0.25, 0.3) is 5.76 Å². The molecule has 12 nitrogen and oxygen atoms in total. The van der Waals surface area contributed by atoms with Gasteiger partial charge in [0.2, 0.25) is 0 Å². The van der Waals surface area contributed by atoms with Gasteiger partial charge in [0.05, 0.1) is 7.11 Å². The number of benzene rings is 2. The van der Waals surface area contributed by atoms with E-state index in [9.17, 15) is 28.7 Å². The molecule has 18 heteroatoms. The normalized spacial score (nSPS) is 34.8. The molecular formula is C36H42Na4O12P2. The smallest absolute Gasteiger partial charge is 0.780 e. The van der Waals surface area contributed by atoms with Crippen LogP contribution in [-0.2, 0) is 34.2 Å². The summed E-state index contributed by atoms with van der Waals surface area (Å²) in [4.78, 5) is 55.1. The maximum atomic E-state index is 11.0. The van der Waals surface area contributed by atoms with E-state index in [0.717, 1.165) is 60.7 Å². The summed E-state index contributed by atoms with van der Waals surface area (Å²) in [5.41, 5.74) is 2.22. The predicted octanol–water partition coefficient (Wildman–Crippen LogP) is -7.43. The largest absolute Gasteiger partial charge is 1.00 e. The first-order chi connectivity index (χ1) is 23.8. The van der Waals surface area contributed by atoms with E-state index in [1.165, 1.54) is 62.3 Å². The van der Waals surface area contributed by atoms with Crippen molar-refractivity contribution in [2.24, 2.45) is 47.3 Å². The van der Waals surface area contributed by atoms with E-state index in [4.69, 9.17) is 19.2 Å². The molecule has 0 N–H and O–H groups in total. The van der Waals surface area contributed by atoms with Crippen molar-refractivity contribution in [3.05, 3.63) is 65.2 Å². The third kappa shape index (κ3) is 9.31. The van der Waals surface area contributed by atoms with E-state index >= 15 is 0 Å². The van der Waals surface area contributed by atoms with Crippen LogP contribution in [0.3, 0.4) is 0 Å². The first-order valence-corrected chi connectivity index (χ1v) is 20.6. The number of allylic oxidation sites excluding steroid dienone is 1. The second-order valence-electron chi connectivity index (χ2n) is 15.5. The van der Waals surface area contributed by atoms with Crippen LogP contribution in [0, 0.1) is 47.3 Å². The number of ether oxygens (including phenoxy) is 2. The summed E-state index contributed by atoms with van der Waals surface area (Å²) in [6.07, 6.45) is 12.1. The summed E-state index contributed by atoms with van der Waals surface area (Å²) in [5.74, 6) is 4.80. The zero-order valence-electron chi connectivity index (χ0n) is 32.1. The summed E-state index contributed by atoms with van der Waals surface area (Å²) in [6, 6.07) is 13.0. The summed E-state index contributed by atoms with van der Waals surface area (Å²) < 4.78 is 42.5. The molecule has 2 aromatic rings. The molecule has 1 spiro atoms. The van der Waals surface area contributed by atoms with Gasteiger partial charge in [-0.05, 0) is 141 Å². The Bertz CT molecular complexity index is 1710. The van der Waals surface area contributed by atoms with Gasteiger partial charge in [-0.2, -0.15) is 4.89 Å². The maximum Gasteiger partial charge on any atom is 1.00 e. The van der Waals surface area contributed by atoms with Gasteiger partial charge >= 0.3 is 118 Å². The summed E-state index contributed by atoms with van der Waals surface area (Å²) in [7, 11) is -6.95. The Labute approximate surface area is 405 Å². The van der Waals surface area contributed by atoms with Crippen molar-refractivity contribution in [2.75, 3.05) is 14.2 Å². The average molecular weight is 821 g/mol. The molecule has 8 saturated carbocycles. The van der Waals surface area contributed by atoms with E-state index in [1.807, 2.05) is 6.07 Å². The molecule has 1 atom stereocenters. The molecule has 0 amide bonds. The molecule has 1 saturated heterocycles. The molecule has 1 heterocycles. The quantitative estimate of drug-likeness (QED) is 0.106. The van der Waals surface area contributed by atoms with Gasteiger partial charge in [0.1, 0.15) is 32.9 Å². The maximum absolute atomic E-state index is 11.0. The molecule has 1 aliphatic heterocycles. The second-order valence-corrected chi connectivity index (χ2v) is 17.7. The van der Waals surface area contributed by atoms with Crippen LogP contribution < -0.4 is 147 Å². The van der Waals surface area contributed by atoms with Crippen molar-refractivity contribution in [2.45, 2.75) is 75.6 Å². The number of methoxy groups -OCH3 is 2. The zero-order valence-corrected chi connectivity index (χ0v) is 41.9. The van der Waals surface area contributed by atoms with Gasteiger partial charge < -0.3 is 47.2 Å². The summed E-state index contributed by atoms with van der Waals surface area (Å²) >= 11 is 0. The fraction of sp³-hybridized carbons (Fsp3) is 0.611. The molecule has 9 aliphatic rings. The molecule has 8 bridgehead atoms. The molecule has 54 heavy (non-hydrogen) atoms. The molecule has 0 aromatic heterocycles. The molecule has 11 rings (SSSR count). The van der Waals surface area contributed by atoms with E-state index in [-0.39, 0.29) is 130 Å². The molecule has 9 fully saturated rings. The van der Waals surface area contributed by atoms with E-state index in [2.05, 4.69) is 9.05 Å². The van der Waals surface area contributed by atoms with Crippen LogP contribution in [0.15, 0.2) is 54.1 Å². The Hall–Kier alpha value is 1.76. The minimum Gasteiger partial charge on any atom is -0.780 e. The van der Waals surface area contributed by atoms with Crippen LogP contribution in [-0.4, -0.2) is 19.8 Å². The van der Waals surface area contributed by atoms with Crippen molar-refractivity contribution < 1.29 is 175 Å². The average Bonchev–Trinajstić information content (AvgIpc) is 3.01. The van der Waals surface area contributed by atoms with E-state index < -0.39 is 27.0 Å².